The maximum Gasteiger partial charge on any atom is 0.268 e. The first-order valence-electron chi connectivity index (χ1n) is 11.9. The van der Waals surface area contributed by atoms with E-state index in [9.17, 15) is 4.79 Å². The number of aromatic nitrogens is 4. The van der Waals surface area contributed by atoms with E-state index in [4.69, 9.17) is 27.7 Å². The molecule has 5 aromatic rings. The highest BCUT2D eigenvalue weighted by Gasteiger charge is 2.24. The van der Waals surface area contributed by atoms with Crippen LogP contribution in [0.15, 0.2) is 65.3 Å². The highest BCUT2D eigenvalue weighted by molar-refractivity contribution is 7.19. The maximum atomic E-state index is 13.5. The molecule has 1 fully saturated rings. The minimum atomic E-state index is -0.103. The quantitative estimate of drug-likeness (QED) is 0.264. The Kier molecular flexibility index (Phi) is 6.58. The van der Waals surface area contributed by atoms with E-state index in [-0.39, 0.29) is 17.2 Å². The van der Waals surface area contributed by atoms with E-state index in [0.717, 1.165) is 53.2 Å². The molecule has 0 unspecified atom stereocenters. The van der Waals surface area contributed by atoms with Crippen molar-refractivity contribution in [3.63, 3.8) is 0 Å². The second kappa shape index (κ2) is 10.2. The topological polar surface area (TPSA) is 89.1 Å². The van der Waals surface area contributed by atoms with Gasteiger partial charge in [-0.2, -0.15) is 0 Å². The van der Waals surface area contributed by atoms with Crippen molar-refractivity contribution < 1.29 is 9.32 Å². The molecule has 1 saturated heterocycles. The molecule has 1 aliphatic heterocycles. The van der Waals surface area contributed by atoms with Crippen LogP contribution in [-0.2, 0) is 6.54 Å². The first kappa shape index (κ1) is 24.0. The average Bonchev–Trinajstić information content (AvgIpc) is 3.64. The van der Waals surface area contributed by atoms with Gasteiger partial charge in [0.1, 0.15) is 17.2 Å². The van der Waals surface area contributed by atoms with Gasteiger partial charge in [-0.05, 0) is 54.8 Å². The number of nitrogens with one attached hydrogen (secondary N) is 1. The predicted octanol–water partition coefficient (Wildman–Crippen LogP) is 5.90. The number of hydrogen-bond acceptors (Lipinski definition) is 7. The number of carbonyl (C=O) groups excluding carboxylic acids is 1. The normalized spacial score (nSPS) is 14.4. The van der Waals surface area contributed by atoms with Crippen molar-refractivity contribution >= 4 is 57.2 Å². The summed E-state index contributed by atoms with van der Waals surface area (Å²) in [7, 11) is 0. The van der Waals surface area contributed by atoms with Crippen molar-refractivity contribution in [3.05, 3.63) is 81.8 Å². The Hall–Kier alpha value is -3.40. The van der Waals surface area contributed by atoms with Crippen molar-refractivity contribution in [2.75, 3.05) is 18.0 Å². The fraction of sp³-hybridized carbons (Fsp3) is 0.231. The smallest absolute Gasteiger partial charge is 0.268 e. The van der Waals surface area contributed by atoms with E-state index in [0.29, 0.717) is 22.3 Å². The van der Waals surface area contributed by atoms with Crippen LogP contribution in [0.25, 0.3) is 21.5 Å². The summed E-state index contributed by atoms with van der Waals surface area (Å²) in [4.78, 5) is 24.8. The highest BCUT2D eigenvalue weighted by atomic mass is 35.5. The summed E-state index contributed by atoms with van der Waals surface area (Å²) in [6, 6.07) is 17.4. The molecule has 0 radical (unpaired) electrons. The summed E-state index contributed by atoms with van der Waals surface area (Å²) in [5.74, 6) is 1.36. The second-order valence-electron chi connectivity index (χ2n) is 8.88. The minimum absolute atomic E-state index is 0.0646. The lowest BCUT2D eigenvalue weighted by Crippen LogP contribution is -2.45. The van der Waals surface area contributed by atoms with Gasteiger partial charge in [0.2, 0.25) is 5.28 Å². The number of fused-ring (bicyclic) bond motifs is 1. The molecule has 1 aromatic carbocycles. The average molecular weight is 553 g/mol. The SMILES string of the molecule is O=C(NC1CCN(c2ccnc(Cl)n2)CC1)c1cc2ccccc2n1Cc1cc(-c2ccc(Cl)s2)on1. The van der Waals surface area contributed by atoms with E-state index in [1.807, 2.05) is 59.2 Å². The van der Waals surface area contributed by atoms with Gasteiger partial charge in [-0.15, -0.1) is 11.3 Å². The Morgan fingerprint density at radius 2 is 1.95 bits per heavy atom. The third kappa shape index (κ3) is 5.07. The van der Waals surface area contributed by atoms with Crippen LogP contribution < -0.4 is 10.2 Å². The van der Waals surface area contributed by atoms with Crippen LogP contribution in [-0.4, -0.2) is 44.7 Å². The van der Waals surface area contributed by atoms with E-state index >= 15 is 0 Å². The van der Waals surface area contributed by atoms with Crippen LogP contribution in [0, 0.1) is 0 Å². The van der Waals surface area contributed by atoms with Crippen LogP contribution >= 0.6 is 34.5 Å². The monoisotopic (exact) mass is 552 g/mol. The summed E-state index contributed by atoms with van der Waals surface area (Å²) in [5.41, 5.74) is 2.29. The molecule has 37 heavy (non-hydrogen) atoms. The van der Waals surface area contributed by atoms with Gasteiger partial charge in [0.05, 0.1) is 15.8 Å². The predicted molar refractivity (Wildman–Crippen MR) is 146 cm³/mol. The fourth-order valence-electron chi connectivity index (χ4n) is 4.69. The summed E-state index contributed by atoms with van der Waals surface area (Å²) in [6.07, 6.45) is 3.28. The third-order valence-corrected chi connectivity index (χ3v) is 7.93. The van der Waals surface area contributed by atoms with Gasteiger partial charge in [0.15, 0.2) is 5.76 Å². The molecule has 0 spiro atoms. The molecule has 1 amide bonds. The molecule has 0 saturated carbocycles. The Balaban J connectivity index is 1.19. The molecule has 0 aliphatic carbocycles. The van der Waals surface area contributed by atoms with Gasteiger partial charge in [-0.1, -0.05) is 35.0 Å². The number of halogens is 2. The molecule has 5 heterocycles. The van der Waals surface area contributed by atoms with Gasteiger partial charge in [-0.3, -0.25) is 4.79 Å². The van der Waals surface area contributed by atoms with Crippen molar-refractivity contribution in [2.24, 2.45) is 0 Å². The molecular formula is C26H22Cl2N6O2S. The summed E-state index contributed by atoms with van der Waals surface area (Å²) in [6.45, 7) is 1.96. The lowest BCUT2D eigenvalue weighted by molar-refractivity contribution is 0.0922. The van der Waals surface area contributed by atoms with Crippen LogP contribution in [0.1, 0.15) is 29.0 Å². The van der Waals surface area contributed by atoms with Crippen molar-refractivity contribution in [3.8, 4) is 10.6 Å². The number of rotatable bonds is 6. The first-order chi connectivity index (χ1) is 18.0. The van der Waals surface area contributed by atoms with Crippen LogP contribution in [0.4, 0.5) is 5.82 Å². The zero-order chi connectivity index (χ0) is 25.4. The summed E-state index contributed by atoms with van der Waals surface area (Å²) < 4.78 is 8.25. The van der Waals surface area contributed by atoms with Gasteiger partial charge < -0.3 is 19.3 Å². The van der Waals surface area contributed by atoms with Crippen LogP contribution in [0.2, 0.25) is 9.62 Å². The zero-order valence-corrected chi connectivity index (χ0v) is 21.9. The number of amides is 1. The number of benzene rings is 1. The number of thiophene rings is 1. The first-order valence-corrected chi connectivity index (χ1v) is 13.4. The Morgan fingerprint density at radius 3 is 2.73 bits per heavy atom. The molecular weight excluding hydrogens is 531 g/mol. The fourth-order valence-corrected chi connectivity index (χ4v) is 5.83. The Morgan fingerprint density at radius 1 is 1.11 bits per heavy atom. The third-order valence-electron chi connectivity index (χ3n) is 6.50. The molecule has 4 aromatic heterocycles. The van der Waals surface area contributed by atoms with Crippen LogP contribution in [0.5, 0.6) is 0 Å². The van der Waals surface area contributed by atoms with Crippen LogP contribution in [0.3, 0.4) is 0 Å². The molecule has 0 atom stereocenters. The molecule has 8 nitrogen and oxygen atoms in total. The molecule has 1 N–H and O–H groups in total. The molecule has 0 bridgehead atoms. The molecule has 6 rings (SSSR count). The Labute approximate surface area is 226 Å². The van der Waals surface area contributed by atoms with E-state index < -0.39 is 0 Å². The van der Waals surface area contributed by atoms with E-state index in [1.165, 1.54) is 11.3 Å². The minimum Gasteiger partial charge on any atom is -0.356 e. The zero-order valence-electron chi connectivity index (χ0n) is 19.6. The summed E-state index contributed by atoms with van der Waals surface area (Å²) >= 11 is 13.5. The number of hydrogen-bond donors (Lipinski definition) is 1. The lowest BCUT2D eigenvalue weighted by atomic mass is 10.0. The molecule has 11 heteroatoms. The number of piperidine rings is 1. The molecule has 1 aliphatic rings. The van der Waals surface area contributed by atoms with Crippen molar-refractivity contribution in [1.29, 1.82) is 0 Å². The molecule has 188 valence electrons. The highest BCUT2D eigenvalue weighted by Crippen LogP contribution is 2.32. The summed E-state index contributed by atoms with van der Waals surface area (Å²) in [5, 5.41) is 8.72. The standard InChI is InChI=1S/C26H22Cl2N6O2S/c27-23-6-5-22(37-23)21-14-18(32-36-21)15-34-19-4-2-1-3-16(19)13-20(34)25(35)30-17-8-11-33(12-9-17)24-7-10-29-26(28)31-24/h1-7,10,13-14,17H,8-9,11-12,15H2,(H,30,35). The lowest BCUT2D eigenvalue weighted by Gasteiger charge is -2.33. The van der Waals surface area contributed by atoms with Crippen molar-refractivity contribution in [2.45, 2.75) is 25.4 Å². The maximum absolute atomic E-state index is 13.5. The number of para-hydroxylation sites is 1. The van der Waals surface area contributed by atoms with Gasteiger partial charge >= 0.3 is 0 Å². The van der Waals surface area contributed by atoms with Gasteiger partial charge in [0, 0.05) is 42.3 Å². The van der Waals surface area contributed by atoms with E-state index in [2.05, 4.69) is 25.3 Å². The largest absolute Gasteiger partial charge is 0.356 e. The van der Waals surface area contributed by atoms with Gasteiger partial charge in [-0.25, -0.2) is 9.97 Å². The second-order valence-corrected chi connectivity index (χ2v) is 10.9. The van der Waals surface area contributed by atoms with Gasteiger partial charge in [0.25, 0.3) is 5.91 Å². The number of nitrogens with zero attached hydrogens (tertiary/aromatic N) is 5. The number of anilines is 1. The van der Waals surface area contributed by atoms with Crippen molar-refractivity contribution in [1.82, 2.24) is 25.0 Å². The Bertz CT molecular complexity index is 1570. The van der Waals surface area contributed by atoms with E-state index in [1.54, 1.807) is 6.20 Å². The number of carbonyl (C=O) groups is 1.